The molecule has 5 atom stereocenters. The molecule has 1 aliphatic heterocycles. The highest BCUT2D eigenvalue weighted by Gasteiger charge is 2.46. The van der Waals surface area contributed by atoms with Gasteiger partial charge < -0.3 is 30.3 Å². The van der Waals surface area contributed by atoms with Gasteiger partial charge in [0.1, 0.15) is 18.3 Å². The van der Waals surface area contributed by atoms with Gasteiger partial charge in [-0.3, -0.25) is 0 Å². The molecular weight excluding hydrogens is 184 g/mol. The zero-order valence-corrected chi connectivity index (χ0v) is 6.44. The zero-order chi connectivity index (χ0) is 10.2. The number of hydrogen-bond donors (Lipinski definition) is 5. The van der Waals surface area contributed by atoms with E-state index in [4.69, 9.17) is 25.5 Å². The third-order valence-corrected chi connectivity index (χ3v) is 1.83. The van der Waals surface area contributed by atoms with Crippen LogP contribution in [0, 0.1) is 0 Å². The van der Waals surface area contributed by atoms with Gasteiger partial charge in [-0.2, -0.15) is 0 Å². The molecule has 0 radical (unpaired) electrons. The summed E-state index contributed by atoms with van der Waals surface area (Å²) in [6, 6.07) is 0. The Labute approximate surface area is 72.8 Å². The van der Waals surface area contributed by atoms with Crippen LogP contribution in [0.5, 0.6) is 0 Å². The van der Waals surface area contributed by atoms with E-state index in [0.717, 1.165) is 0 Å². The summed E-state index contributed by atoms with van der Waals surface area (Å²) in [5.74, 6) is -1.52. The van der Waals surface area contributed by atoms with Crippen LogP contribution in [0.3, 0.4) is 0 Å². The van der Waals surface area contributed by atoms with Gasteiger partial charge in [0.05, 0.1) is 0 Å². The number of carbonyl (C=O) groups is 1. The van der Waals surface area contributed by atoms with E-state index in [1.54, 1.807) is 0 Å². The predicted molar refractivity (Wildman–Crippen MR) is 36.5 cm³/mol. The van der Waals surface area contributed by atoms with Gasteiger partial charge >= 0.3 is 5.97 Å². The van der Waals surface area contributed by atoms with Crippen molar-refractivity contribution >= 4 is 5.97 Å². The minimum Gasteiger partial charge on any atom is -0.479 e. The Morgan fingerprint density at radius 2 is 1.54 bits per heavy atom. The molecule has 1 rings (SSSR count). The fourth-order valence-electron chi connectivity index (χ4n) is 1.07. The smallest absolute Gasteiger partial charge is 0.335 e. The normalized spacial score (nSPS) is 46.0. The number of ether oxygens (including phenoxy) is 1. The lowest BCUT2D eigenvalue weighted by Crippen LogP contribution is -2.59. The van der Waals surface area contributed by atoms with Crippen molar-refractivity contribution in [2.45, 2.75) is 30.7 Å². The molecule has 0 aromatic rings. The average molecular weight is 194 g/mol. The summed E-state index contributed by atoms with van der Waals surface area (Å²) >= 11 is 0. The van der Waals surface area contributed by atoms with Crippen molar-refractivity contribution in [3.8, 4) is 0 Å². The summed E-state index contributed by atoms with van der Waals surface area (Å²) in [6.07, 6.45) is -8.72. The summed E-state index contributed by atoms with van der Waals surface area (Å²) < 4.78 is 4.34. The van der Waals surface area contributed by atoms with Gasteiger partial charge in [-0.05, 0) is 0 Å². The fraction of sp³-hybridized carbons (Fsp3) is 0.833. The Kier molecular flexibility index (Phi) is 2.84. The number of aliphatic carboxylic acids is 1. The number of aliphatic hydroxyl groups excluding tert-OH is 4. The molecule has 0 spiro atoms. The monoisotopic (exact) mass is 194 g/mol. The van der Waals surface area contributed by atoms with Crippen molar-refractivity contribution in [2.75, 3.05) is 0 Å². The first-order valence-electron chi connectivity index (χ1n) is 3.55. The van der Waals surface area contributed by atoms with Crippen LogP contribution in [0.4, 0.5) is 0 Å². The first-order valence-corrected chi connectivity index (χ1v) is 3.55. The molecule has 13 heavy (non-hydrogen) atoms. The number of rotatable bonds is 1. The molecule has 1 aliphatic rings. The maximum Gasteiger partial charge on any atom is 0.335 e. The molecular formula is C6H10O7. The Bertz CT molecular complexity index is 205. The summed E-state index contributed by atoms with van der Waals surface area (Å²) in [5, 5.41) is 44.4. The lowest BCUT2D eigenvalue weighted by Gasteiger charge is -2.36. The molecule has 76 valence electrons. The SMILES string of the molecule is O=C(O)C1O[C@H](O)[C@@H](O)[C@H](O)[C@H]1O. The number of aliphatic hydroxyl groups is 4. The maximum atomic E-state index is 10.4. The van der Waals surface area contributed by atoms with Gasteiger partial charge in [-0.25, -0.2) is 4.79 Å². The Morgan fingerprint density at radius 1 is 1.00 bits per heavy atom. The average Bonchev–Trinajstić information content (AvgIpc) is 2.07. The first kappa shape index (κ1) is 10.4. The third-order valence-electron chi connectivity index (χ3n) is 1.83. The van der Waals surface area contributed by atoms with E-state index in [-0.39, 0.29) is 0 Å². The molecule has 0 saturated carbocycles. The fourth-order valence-corrected chi connectivity index (χ4v) is 1.07. The van der Waals surface area contributed by atoms with E-state index < -0.39 is 36.7 Å². The lowest BCUT2D eigenvalue weighted by atomic mass is 9.99. The van der Waals surface area contributed by atoms with Crippen LogP contribution in [0.25, 0.3) is 0 Å². The Morgan fingerprint density at radius 3 is 2.00 bits per heavy atom. The van der Waals surface area contributed by atoms with Crippen LogP contribution in [0.2, 0.25) is 0 Å². The van der Waals surface area contributed by atoms with Crippen LogP contribution in [-0.2, 0) is 9.53 Å². The third kappa shape index (κ3) is 1.79. The standard InChI is InChI=1S/C6H10O7/c7-1-2(8)4(5(10)11)13-6(12)3(1)9/h1-4,6-9,12H,(H,10,11)/t1-,2-,3+,4?,6+/m1/s1. The van der Waals surface area contributed by atoms with Crippen molar-refractivity contribution in [1.82, 2.24) is 0 Å². The van der Waals surface area contributed by atoms with Gasteiger partial charge in [0.2, 0.25) is 0 Å². The molecule has 5 N–H and O–H groups in total. The predicted octanol–water partition coefficient (Wildman–Crippen LogP) is -3.13. The van der Waals surface area contributed by atoms with Crippen molar-refractivity contribution in [2.24, 2.45) is 0 Å². The molecule has 7 nitrogen and oxygen atoms in total. The van der Waals surface area contributed by atoms with E-state index in [1.807, 2.05) is 0 Å². The minimum atomic E-state index is -1.81. The number of carboxylic acids is 1. The van der Waals surface area contributed by atoms with E-state index in [2.05, 4.69) is 4.74 Å². The van der Waals surface area contributed by atoms with Crippen LogP contribution in [0.1, 0.15) is 0 Å². The topological polar surface area (TPSA) is 127 Å². The maximum absolute atomic E-state index is 10.4. The molecule has 1 fully saturated rings. The zero-order valence-electron chi connectivity index (χ0n) is 6.44. The van der Waals surface area contributed by atoms with Crippen molar-refractivity contribution in [3.63, 3.8) is 0 Å². The van der Waals surface area contributed by atoms with Crippen molar-refractivity contribution in [3.05, 3.63) is 0 Å². The summed E-state index contributed by atoms with van der Waals surface area (Å²) in [7, 11) is 0. The van der Waals surface area contributed by atoms with Crippen LogP contribution >= 0.6 is 0 Å². The number of carboxylic acid groups (broad SMARTS) is 1. The minimum absolute atomic E-state index is 1.52. The summed E-state index contributed by atoms with van der Waals surface area (Å²) in [6.45, 7) is 0. The second-order valence-corrected chi connectivity index (χ2v) is 2.76. The van der Waals surface area contributed by atoms with Crippen LogP contribution in [0.15, 0.2) is 0 Å². The molecule has 0 aliphatic carbocycles. The van der Waals surface area contributed by atoms with E-state index in [9.17, 15) is 4.79 Å². The van der Waals surface area contributed by atoms with Crippen LogP contribution in [-0.4, -0.2) is 62.2 Å². The van der Waals surface area contributed by atoms with Crippen LogP contribution < -0.4 is 0 Å². The van der Waals surface area contributed by atoms with E-state index in [1.165, 1.54) is 0 Å². The Hall–Kier alpha value is -0.730. The second kappa shape index (κ2) is 3.56. The highest BCUT2D eigenvalue weighted by Crippen LogP contribution is 2.19. The summed E-state index contributed by atoms with van der Waals surface area (Å²) in [5.41, 5.74) is 0. The lowest BCUT2D eigenvalue weighted by molar-refractivity contribution is -0.279. The highest BCUT2D eigenvalue weighted by atomic mass is 16.6. The Balaban J connectivity index is 2.76. The molecule has 0 aromatic carbocycles. The second-order valence-electron chi connectivity index (χ2n) is 2.76. The molecule has 0 bridgehead atoms. The molecule has 0 aromatic heterocycles. The first-order chi connectivity index (χ1) is 5.95. The van der Waals surface area contributed by atoms with Gasteiger partial charge in [-0.15, -0.1) is 0 Å². The highest BCUT2D eigenvalue weighted by molar-refractivity contribution is 5.73. The van der Waals surface area contributed by atoms with Gasteiger partial charge in [0, 0.05) is 0 Å². The molecule has 1 saturated heterocycles. The molecule has 1 heterocycles. The van der Waals surface area contributed by atoms with Crippen molar-refractivity contribution < 1.29 is 35.1 Å². The number of hydrogen-bond acceptors (Lipinski definition) is 6. The van der Waals surface area contributed by atoms with Gasteiger partial charge in [0.15, 0.2) is 12.4 Å². The quantitative estimate of drug-likeness (QED) is 0.298. The van der Waals surface area contributed by atoms with E-state index in [0.29, 0.717) is 0 Å². The molecule has 1 unspecified atom stereocenters. The van der Waals surface area contributed by atoms with Gasteiger partial charge in [-0.1, -0.05) is 0 Å². The van der Waals surface area contributed by atoms with E-state index >= 15 is 0 Å². The molecule has 7 heteroatoms. The van der Waals surface area contributed by atoms with Crippen molar-refractivity contribution in [1.29, 1.82) is 0 Å². The van der Waals surface area contributed by atoms with Gasteiger partial charge in [0.25, 0.3) is 0 Å². The summed E-state index contributed by atoms with van der Waals surface area (Å²) in [4.78, 5) is 10.4. The largest absolute Gasteiger partial charge is 0.479 e. The molecule has 0 amide bonds.